The lowest BCUT2D eigenvalue weighted by Crippen LogP contribution is -2.07. The van der Waals surface area contributed by atoms with Crippen molar-refractivity contribution in [3.63, 3.8) is 0 Å². The average molecular weight is 207 g/mol. The predicted octanol–water partition coefficient (Wildman–Crippen LogP) is 1.54. The molecule has 13 heavy (non-hydrogen) atoms. The zero-order valence-corrected chi connectivity index (χ0v) is 8.22. The number of carboxylic acid groups (broad SMARTS) is 1. The molecule has 0 bridgehead atoms. The Labute approximate surface area is 81.1 Å². The number of rotatable bonds is 4. The number of ether oxygens (including phenoxy) is 1. The second-order valence-electron chi connectivity index (χ2n) is 2.41. The van der Waals surface area contributed by atoms with Crippen molar-refractivity contribution >= 4 is 23.5 Å². The molecule has 0 spiro atoms. The van der Waals surface area contributed by atoms with Crippen LogP contribution in [0.2, 0.25) is 0 Å². The van der Waals surface area contributed by atoms with Crippen LogP contribution >= 0.6 is 11.6 Å². The summed E-state index contributed by atoms with van der Waals surface area (Å²) in [4.78, 5) is 20.9. The van der Waals surface area contributed by atoms with E-state index in [0.717, 1.165) is 0 Å². The van der Waals surface area contributed by atoms with Crippen molar-refractivity contribution in [3.05, 3.63) is 10.6 Å². The van der Waals surface area contributed by atoms with Crippen molar-refractivity contribution in [1.82, 2.24) is 0 Å². The summed E-state index contributed by atoms with van der Waals surface area (Å²) >= 11 is 5.51. The molecule has 0 aliphatic carbocycles. The van der Waals surface area contributed by atoms with Gasteiger partial charge in [0, 0.05) is 18.4 Å². The van der Waals surface area contributed by atoms with Gasteiger partial charge in [-0.1, -0.05) is 11.6 Å². The minimum absolute atomic E-state index is 0.0427. The highest BCUT2D eigenvalue weighted by Gasteiger charge is 2.10. The highest BCUT2D eigenvalue weighted by Crippen LogP contribution is 2.12. The van der Waals surface area contributed by atoms with Gasteiger partial charge in [0.2, 0.25) is 0 Å². The number of hydrogen-bond acceptors (Lipinski definition) is 3. The summed E-state index contributed by atoms with van der Waals surface area (Å²) < 4.78 is 4.58. The smallest absolute Gasteiger partial charge is 0.332 e. The van der Waals surface area contributed by atoms with Gasteiger partial charge in [0.25, 0.3) is 0 Å². The van der Waals surface area contributed by atoms with E-state index in [1.807, 2.05) is 0 Å². The van der Waals surface area contributed by atoms with E-state index in [0.29, 0.717) is 0 Å². The highest BCUT2D eigenvalue weighted by atomic mass is 35.5. The lowest BCUT2D eigenvalue weighted by atomic mass is 10.2. The standard InChI is InChI=1S/C8H11ClO4/c1-5(9)7(8(11)12)3-4-13-6(2)10/h3-4H2,1-2H3,(H,11,12). The van der Waals surface area contributed by atoms with Crippen molar-refractivity contribution in [2.45, 2.75) is 20.3 Å². The highest BCUT2D eigenvalue weighted by molar-refractivity contribution is 6.31. The number of halogens is 1. The van der Waals surface area contributed by atoms with Crippen LogP contribution in [0.25, 0.3) is 0 Å². The van der Waals surface area contributed by atoms with Gasteiger partial charge >= 0.3 is 11.9 Å². The molecule has 0 saturated heterocycles. The van der Waals surface area contributed by atoms with Crippen LogP contribution < -0.4 is 0 Å². The van der Waals surface area contributed by atoms with Crippen LogP contribution in [0.5, 0.6) is 0 Å². The largest absolute Gasteiger partial charge is 0.478 e. The minimum atomic E-state index is -1.08. The van der Waals surface area contributed by atoms with Gasteiger partial charge in [-0.2, -0.15) is 0 Å². The lowest BCUT2D eigenvalue weighted by molar-refractivity contribution is -0.141. The topological polar surface area (TPSA) is 63.6 Å². The quantitative estimate of drug-likeness (QED) is 0.560. The van der Waals surface area contributed by atoms with Crippen LogP contribution in [0.1, 0.15) is 20.3 Å². The summed E-state index contributed by atoms with van der Waals surface area (Å²) in [6, 6.07) is 0. The SMILES string of the molecule is CC(=O)OCCC(C(=O)O)=C(C)Cl. The minimum Gasteiger partial charge on any atom is -0.478 e. The zero-order chi connectivity index (χ0) is 10.4. The molecule has 5 heteroatoms. The van der Waals surface area contributed by atoms with Gasteiger partial charge < -0.3 is 9.84 Å². The van der Waals surface area contributed by atoms with Crippen molar-refractivity contribution < 1.29 is 19.4 Å². The molecular weight excluding hydrogens is 196 g/mol. The fourth-order valence-corrected chi connectivity index (χ4v) is 0.899. The first kappa shape index (κ1) is 12.0. The number of allylic oxidation sites excluding steroid dienone is 1. The molecule has 0 aromatic carbocycles. The molecule has 0 aliphatic rings. The summed E-state index contributed by atoms with van der Waals surface area (Å²) in [5.41, 5.74) is 0.0721. The molecule has 0 heterocycles. The molecule has 0 radical (unpaired) electrons. The summed E-state index contributed by atoms with van der Waals surface area (Å²) in [5, 5.41) is 8.83. The molecule has 4 nitrogen and oxygen atoms in total. The molecular formula is C8H11ClO4. The van der Waals surface area contributed by atoms with Crippen LogP contribution in [-0.4, -0.2) is 23.7 Å². The molecule has 0 fully saturated rings. The number of hydrogen-bond donors (Lipinski definition) is 1. The zero-order valence-electron chi connectivity index (χ0n) is 7.46. The summed E-state index contributed by atoms with van der Waals surface area (Å²) in [6.07, 6.45) is 0.129. The van der Waals surface area contributed by atoms with Crippen molar-refractivity contribution in [2.24, 2.45) is 0 Å². The van der Waals surface area contributed by atoms with Gasteiger partial charge in [-0.05, 0) is 6.92 Å². The normalized spacial score (nSPS) is 11.9. The van der Waals surface area contributed by atoms with Crippen LogP contribution in [-0.2, 0) is 14.3 Å². The molecule has 0 aromatic rings. The Morgan fingerprint density at radius 2 is 1.92 bits per heavy atom. The molecule has 0 saturated carbocycles. The van der Waals surface area contributed by atoms with Gasteiger partial charge in [-0.15, -0.1) is 0 Å². The molecule has 74 valence electrons. The van der Waals surface area contributed by atoms with Crippen LogP contribution in [0.15, 0.2) is 10.6 Å². The van der Waals surface area contributed by atoms with E-state index in [4.69, 9.17) is 16.7 Å². The Bertz CT molecular complexity index is 241. The van der Waals surface area contributed by atoms with Gasteiger partial charge in [0.15, 0.2) is 0 Å². The Kier molecular flexibility index (Phi) is 5.14. The third-order valence-corrected chi connectivity index (χ3v) is 1.56. The van der Waals surface area contributed by atoms with E-state index in [-0.39, 0.29) is 23.6 Å². The molecule has 0 atom stereocenters. The summed E-state index contributed by atoms with van der Waals surface area (Å²) in [5.74, 6) is -1.52. The first-order valence-corrected chi connectivity index (χ1v) is 4.05. The molecule has 0 aromatic heterocycles. The first-order chi connectivity index (χ1) is 5.95. The van der Waals surface area contributed by atoms with Crippen LogP contribution in [0.4, 0.5) is 0 Å². The Hall–Kier alpha value is -1.03. The second-order valence-corrected chi connectivity index (χ2v) is 2.97. The fourth-order valence-electron chi connectivity index (χ4n) is 0.723. The van der Waals surface area contributed by atoms with E-state index in [1.165, 1.54) is 13.8 Å². The van der Waals surface area contributed by atoms with Crippen molar-refractivity contribution in [1.29, 1.82) is 0 Å². The molecule has 0 aliphatic heterocycles. The van der Waals surface area contributed by atoms with Crippen molar-refractivity contribution in [3.8, 4) is 0 Å². The number of carbonyl (C=O) groups is 2. The molecule has 0 unspecified atom stereocenters. The number of aliphatic carboxylic acids is 1. The van der Waals surface area contributed by atoms with Crippen LogP contribution in [0.3, 0.4) is 0 Å². The van der Waals surface area contributed by atoms with E-state index in [9.17, 15) is 9.59 Å². The number of carboxylic acids is 1. The number of carbonyl (C=O) groups excluding carboxylic acids is 1. The monoisotopic (exact) mass is 206 g/mol. The van der Waals surface area contributed by atoms with Gasteiger partial charge in [-0.25, -0.2) is 4.79 Å². The summed E-state index contributed by atoms with van der Waals surface area (Å²) in [6.45, 7) is 2.79. The number of esters is 1. The molecule has 0 amide bonds. The second kappa shape index (κ2) is 5.59. The fraction of sp³-hybridized carbons (Fsp3) is 0.500. The Morgan fingerprint density at radius 3 is 2.23 bits per heavy atom. The Morgan fingerprint density at radius 1 is 1.38 bits per heavy atom. The first-order valence-electron chi connectivity index (χ1n) is 3.67. The van der Waals surface area contributed by atoms with Crippen molar-refractivity contribution in [2.75, 3.05) is 6.61 Å². The average Bonchev–Trinajstić information content (AvgIpc) is 1.95. The molecule has 1 N–H and O–H groups in total. The third-order valence-electron chi connectivity index (χ3n) is 1.33. The van der Waals surface area contributed by atoms with Gasteiger partial charge in [0.05, 0.1) is 12.2 Å². The maximum Gasteiger partial charge on any atom is 0.332 e. The van der Waals surface area contributed by atoms with E-state index >= 15 is 0 Å². The van der Waals surface area contributed by atoms with Gasteiger partial charge in [0.1, 0.15) is 0 Å². The van der Waals surface area contributed by atoms with E-state index in [2.05, 4.69) is 4.74 Å². The van der Waals surface area contributed by atoms with E-state index in [1.54, 1.807) is 0 Å². The summed E-state index contributed by atoms with van der Waals surface area (Å²) in [7, 11) is 0. The predicted molar refractivity (Wildman–Crippen MR) is 47.4 cm³/mol. The van der Waals surface area contributed by atoms with Crippen LogP contribution in [0, 0.1) is 0 Å². The van der Waals surface area contributed by atoms with Gasteiger partial charge in [-0.3, -0.25) is 4.79 Å². The maximum absolute atomic E-state index is 10.5. The lowest BCUT2D eigenvalue weighted by Gasteiger charge is -2.03. The van der Waals surface area contributed by atoms with E-state index < -0.39 is 11.9 Å². The maximum atomic E-state index is 10.5. The Balaban J connectivity index is 4.08. The third kappa shape index (κ3) is 5.25. The molecule has 0 rings (SSSR count).